The molecule has 0 aromatic rings. The first kappa shape index (κ1) is 20.4. The molecule has 0 rings (SSSR count). The van der Waals surface area contributed by atoms with Crippen molar-refractivity contribution >= 4 is 11.9 Å². The minimum absolute atomic E-state index is 0.199. The van der Waals surface area contributed by atoms with Crippen molar-refractivity contribution in [1.29, 1.82) is 0 Å². The second kappa shape index (κ2) is 14.4. The molecule has 0 bridgehead atoms. The number of hydrogen-bond donors (Lipinski definition) is 0. The number of esters is 2. The summed E-state index contributed by atoms with van der Waals surface area (Å²) in [5.74, 6) is -0.432. The monoisotopic (exact) mass is 310 g/mol. The molecule has 0 aliphatic carbocycles. The third-order valence-corrected chi connectivity index (χ3v) is 3.13. The number of hydrogen-bond acceptors (Lipinski definition) is 4. The average Bonchev–Trinajstić information content (AvgIpc) is 2.51. The molecule has 22 heavy (non-hydrogen) atoms. The van der Waals surface area contributed by atoms with Crippen molar-refractivity contribution < 1.29 is 19.1 Å². The maximum atomic E-state index is 11.8. The van der Waals surface area contributed by atoms with E-state index in [-0.39, 0.29) is 18.4 Å². The van der Waals surface area contributed by atoms with Gasteiger partial charge in [0.1, 0.15) is 0 Å². The van der Waals surface area contributed by atoms with Crippen LogP contribution in [0.4, 0.5) is 0 Å². The topological polar surface area (TPSA) is 52.6 Å². The van der Waals surface area contributed by atoms with Crippen molar-refractivity contribution in [3.63, 3.8) is 0 Å². The molecular weight excluding hydrogens is 280 g/mol. The van der Waals surface area contributed by atoms with Gasteiger partial charge in [-0.05, 0) is 32.6 Å². The van der Waals surface area contributed by atoms with Crippen molar-refractivity contribution in [2.45, 2.75) is 65.7 Å². The van der Waals surface area contributed by atoms with Gasteiger partial charge >= 0.3 is 11.9 Å². The first-order chi connectivity index (χ1) is 10.7. The zero-order valence-corrected chi connectivity index (χ0v) is 14.2. The zero-order valence-electron chi connectivity index (χ0n) is 14.2. The summed E-state index contributed by atoms with van der Waals surface area (Å²) in [7, 11) is 0. The predicted octanol–water partition coefficient (Wildman–Crippen LogP) is 4.35. The minimum Gasteiger partial charge on any atom is -0.465 e. The minimum atomic E-state index is -0.233. The highest BCUT2D eigenvalue weighted by molar-refractivity contribution is 5.88. The van der Waals surface area contributed by atoms with Gasteiger partial charge in [0.25, 0.3) is 0 Å². The molecule has 0 radical (unpaired) electrons. The fraction of sp³-hybridized carbons (Fsp3) is 0.667. The highest BCUT2D eigenvalue weighted by Crippen LogP contribution is 2.09. The number of carbonyl (C=O) groups excluding carboxylic acids is 2. The van der Waals surface area contributed by atoms with Gasteiger partial charge in [-0.3, -0.25) is 4.79 Å². The lowest BCUT2D eigenvalue weighted by Crippen LogP contribution is -2.08. The molecule has 0 amide bonds. The molecule has 0 aromatic heterocycles. The lowest BCUT2D eigenvalue weighted by molar-refractivity contribution is -0.142. The van der Waals surface area contributed by atoms with Gasteiger partial charge < -0.3 is 9.47 Å². The van der Waals surface area contributed by atoms with E-state index in [2.05, 4.69) is 13.8 Å². The SMILES string of the molecule is CC=C(CCC=CCC(=O)OCCCC)C(=O)OCCCC. The molecule has 0 aliphatic heterocycles. The van der Waals surface area contributed by atoms with E-state index in [9.17, 15) is 9.59 Å². The number of rotatable bonds is 12. The molecule has 0 fully saturated rings. The van der Waals surface area contributed by atoms with Crippen LogP contribution in [0.2, 0.25) is 0 Å². The summed E-state index contributed by atoms with van der Waals surface area (Å²) in [5, 5.41) is 0. The molecule has 0 unspecified atom stereocenters. The van der Waals surface area contributed by atoms with Crippen LogP contribution in [0.15, 0.2) is 23.8 Å². The van der Waals surface area contributed by atoms with Gasteiger partial charge in [-0.1, -0.05) is 44.9 Å². The van der Waals surface area contributed by atoms with Crippen LogP contribution in [-0.4, -0.2) is 25.2 Å². The summed E-state index contributed by atoms with van der Waals surface area (Å²) in [6, 6.07) is 0. The van der Waals surface area contributed by atoms with Gasteiger partial charge in [0.05, 0.1) is 19.6 Å². The fourth-order valence-corrected chi connectivity index (χ4v) is 1.69. The molecule has 0 aromatic carbocycles. The molecule has 0 atom stereocenters. The highest BCUT2D eigenvalue weighted by Gasteiger charge is 2.08. The Morgan fingerprint density at radius 1 is 0.955 bits per heavy atom. The molecule has 0 saturated heterocycles. The number of unbranched alkanes of at least 4 members (excludes halogenated alkanes) is 2. The van der Waals surface area contributed by atoms with Gasteiger partial charge in [0.15, 0.2) is 0 Å². The molecule has 0 spiro atoms. The zero-order chi connectivity index (χ0) is 16.6. The third-order valence-electron chi connectivity index (χ3n) is 3.13. The molecule has 0 aliphatic rings. The van der Waals surface area contributed by atoms with Crippen molar-refractivity contribution in [3.05, 3.63) is 23.8 Å². The van der Waals surface area contributed by atoms with E-state index in [4.69, 9.17) is 9.47 Å². The van der Waals surface area contributed by atoms with Crippen molar-refractivity contribution in [2.24, 2.45) is 0 Å². The molecule has 0 saturated carbocycles. The van der Waals surface area contributed by atoms with Gasteiger partial charge in [0, 0.05) is 5.57 Å². The second-order valence-corrected chi connectivity index (χ2v) is 5.09. The predicted molar refractivity (Wildman–Crippen MR) is 88.5 cm³/mol. The summed E-state index contributed by atoms with van der Waals surface area (Å²) < 4.78 is 10.2. The number of carbonyl (C=O) groups is 2. The molecule has 4 nitrogen and oxygen atoms in total. The Morgan fingerprint density at radius 3 is 2.18 bits per heavy atom. The molecular formula is C18H30O4. The summed E-state index contributed by atoms with van der Waals surface area (Å²) in [6.07, 6.45) is 10.9. The molecule has 0 N–H and O–H groups in total. The Bertz CT molecular complexity index is 369. The van der Waals surface area contributed by atoms with Gasteiger partial charge in [0.2, 0.25) is 0 Å². The van der Waals surface area contributed by atoms with Crippen molar-refractivity contribution in [3.8, 4) is 0 Å². The van der Waals surface area contributed by atoms with Gasteiger partial charge in [-0.25, -0.2) is 4.79 Å². The van der Waals surface area contributed by atoms with E-state index in [0.29, 0.717) is 31.6 Å². The van der Waals surface area contributed by atoms with Crippen LogP contribution in [-0.2, 0) is 19.1 Å². The summed E-state index contributed by atoms with van der Waals surface area (Å²) >= 11 is 0. The maximum absolute atomic E-state index is 11.8. The first-order valence-corrected chi connectivity index (χ1v) is 8.28. The van der Waals surface area contributed by atoms with Crippen LogP contribution < -0.4 is 0 Å². The quantitative estimate of drug-likeness (QED) is 0.233. The van der Waals surface area contributed by atoms with E-state index in [1.165, 1.54) is 0 Å². The van der Waals surface area contributed by atoms with Crippen molar-refractivity contribution in [2.75, 3.05) is 13.2 Å². The normalized spacial score (nSPS) is 11.7. The van der Waals surface area contributed by atoms with Crippen molar-refractivity contribution in [1.82, 2.24) is 0 Å². The Morgan fingerprint density at radius 2 is 1.59 bits per heavy atom. The van der Waals surface area contributed by atoms with Crippen LogP contribution >= 0.6 is 0 Å². The average molecular weight is 310 g/mol. The van der Waals surface area contributed by atoms with E-state index < -0.39 is 0 Å². The Labute approximate surface area is 134 Å². The Kier molecular flexibility index (Phi) is 13.3. The van der Waals surface area contributed by atoms with Crippen LogP contribution in [0.5, 0.6) is 0 Å². The molecule has 126 valence electrons. The van der Waals surface area contributed by atoms with Crippen LogP contribution in [0.25, 0.3) is 0 Å². The van der Waals surface area contributed by atoms with Gasteiger partial charge in [-0.2, -0.15) is 0 Å². The summed E-state index contributed by atoms with van der Waals surface area (Å²) in [5.41, 5.74) is 0.686. The Hall–Kier alpha value is -1.58. The first-order valence-electron chi connectivity index (χ1n) is 8.28. The largest absolute Gasteiger partial charge is 0.465 e. The van der Waals surface area contributed by atoms with Crippen LogP contribution in [0.1, 0.15) is 65.7 Å². The van der Waals surface area contributed by atoms with E-state index in [1.54, 1.807) is 12.2 Å². The third kappa shape index (κ3) is 11.1. The van der Waals surface area contributed by atoms with Crippen LogP contribution in [0.3, 0.4) is 0 Å². The number of ether oxygens (including phenoxy) is 2. The van der Waals surface area contributed by atoms with Crippen LogP contribution in [0, 0.1) is 0 Å². The van der Waals surface area contributed by atoms with Gasteiger partial charge in [-0.15, -0.1) is 0 Å². The highest BCUT2D eigenvalue weighted by atomic mass is 16.5. The lowest BCUT2D eigenvalue weighted by atomic mass is 10.1. The summed E-state index contributed by atoms with van der Waals surface area (Å²) in [6.45, 7) is 6.93. The fourth-order valence-electron chi connectivity index (χ4n) is 1.69. The lowest BCUT2D eigenvalue weighted by Gasteiger charge is -2.06. The van der Waals surface area contributed by atoms with E-state index in [1.807, 2.05) is 13.0 Å². The van der Waals surface area contributed by atoms with E-state index in [0.717, 1.165) is 25.7 Å². The smallest absolute Gasteiger partial charge is 0.333 e. The Balaban J connectivity index is 3.88. The number of allylic oxidation sites excluding steroid dienone is 2. The van der Waals surface area contributed by atoms with E-state index >= 15 is 0 Å². The molecule has 4 heteroatoms. The second-order valence-electron chi connectivity index (χ2n) is 5.09. The maximum Gasteiger partial charge on any atom is 0.333 e. The standard InChI is InChI=1S/C18H30O4/c1-4-7-14-21-17(19)13-11-9-10-12-16(6-3)18(20)22-15-8-5-2/h6,9,11H,4-5,7-8,10,12-15H2,1-3H3. The molecule has 0 heterocycles. The summed E-state index contributed by atoms with van der Waals surface area (Å²) in [4.78, 5) is 23.1.